The molecule has 4 aliphatic rings. The number of carboxylic acids is 1. The number of aliphatic hydroxyl groups excluding tert-OH is 2. The molecule has 0 aliphatic carbocycles. The number of halogens is 1. The molecule has 8 atom stereocenters. The topological polar surface area (TPSA) is 428 Å². The van der Waals surface area contributed by atoms with Crippen LogP contribution >= 0.6 is 35.1 Å². The number of aliphatic carboxylic acids is 1. The van der Waals surface area contributed by atoms with Crippen molar-refractivity contribution in [3.05, 3.63) is 306 Å². The Balaban J connectivity index is 0.000000242. The molecule has 14 rings (SSSR count). The van der Waals surface area contributed by atoms with Crippen molar-refractivity contribution in [2.24, 2.45) is 16.6 Å². The van der Waals surface area contributed by atoms with Crippen LogP contribution in [0, 0.1) is 44.9 Å². The van der Waals surface area contributed by atoms with Crippen molar-refractivity contribution in [3.8, 4) is 32.4 Å². The van der Waals surface area contributed by atoms with Gasteiger partial charge in [-0.05, 0) is 155 Å². The maximum atomic E-state index is 14.0. The molecule has 6 amide bonds. The number of hydrogen-bond donors (Lipinski definition) is 6. The minimum Gasteiger partial charge on any atom is -0.491 e. The summed E-state index contributed by atoms with van der Waals surface area (Å²) in [6.07, 6.45) is 9.73. The molecule has 0 saturated carbocycles. The Bertz CT molecular complexity index is 6160. The number of anilines is 2. The van der Waals surface area contributed by atoms with Crippen LogP contribution in [-0.4, -0.2) is 208 Å². The Labute approximate surface area is 846 Å². The third kappa shape index (κ3) is 30.7. The number of non-ortho nitro benzene ring substituents is 2. The summed E-state index contributed by atoms with van der Waals surface area (Å²) in [5.41, 5.74) is 22.6. The first-order valence-electron chi connectivity index (χ1n) is 46.4. The molecule has 32 nitrogen and oxygen atoms in total. The molecular formula is C108H124ClN11O21S2. The van der Waals surface area contributed by atoms with Gasteiger partial charge in [0.1, 0.15) is 50.0 Å². The Kier molecular flexibility index (Phi) is 40.8. The van der Waals surface area contributed by atoms with Crippen molar-refractivity contribution >= 4 is 128 Å². The summed E-state index contributed by atoms with van der Waals surface area (Å²) < 4.78 is 33.0. The number of rotatable bonds is 40. The van der Waals surface area contributed by atoms with E-state index >= 15 is 0 Å². The lowest BCUT2D eigenvalue weighted by molar-refractivity contribution is -0.385. The predicted octanol–water partition coefficient (Wildman–Crippen LogP) is 16.8. The molecule has 0 spiro atoms. The molecule has 756 valence electrons. The second kappa shape index (κ2) is 52.4. The smallest absolute Gasteiger partial charge is 0.329 e. The van der Waals surface area contributed by atoms with Gasteiger partial charge in [0.2, 0.25) is 23.6 Å². The van der Waals surface area contributed by atoms with Crippen LogP contribution in [0.5, 0.6) is 11.5 Å². The van der Waals surface area contributed by atoms with Crippen molar-refractivity contribution in [1.82, 2.24) is 30.4 Å². The van der Waals surface area contributed by atoms with Gasteiger partial charge >= 0.3 is 5.97 Å². The van der Waals surface area contributed by atoms with Gasteiger partial charge in [-0.15, -0.1) is 35.1 Å². The van der Waals surface area contributed by atoms with Gasteiger partial charge in [0.15, 0.2) is 5.78 Å². The highest BCUT2D eigenvalue weighted by atomic mass is 35.5. The number of nitro benzene ring substituents is 2. The van der Waals surface area contributed by atoms with Gasteiger partial charge in [-0.1, -0.05) is 189 Å². The molecule has 0 radical (unpaired) electrons. The number of ketones is 1. The highest BCUT2D eigenvalue weighted by Gasteiger charge is 2.46. The highest BCUT2D eigenvalue weighted by molar-refractivity contribution is 7.13. The number of carboxylic acid groups (broad SMARTS) is 1. The minimum atomic E-state index is -1.02. The van der Waals surface area contributed by atoms with Crippen molar-refractivity contribution < 1.29 is 91.9 Å². The Hall–Kier alpha value is -13.7. The number of ether oxygens (including phenoxy) is 6. The molecule has 2 saturated heterocycles. The fourth-order valence-electron chi connectivity index (χ4n) is 16.4. The zero-order valence-electron chi connectivity index (χ0n) is 80.8. The molecule has 4 aliphatic heterocycles. The van der Waals surface area contributed by atoms with E-state index in [0.717, 1.165) is 88.2 Å². The first kappa shape index (κ1) is 111. The lowest BCUT2D eigenvalue weighted by Crippen LogP contribution is -2.58. The summed E-state index contributed by atoms with van der Waals surface area (Å²) >= 11 is 3.18. The van der Waals surface area contributed by atoms with Gasteiger partial charge in [-0.25, -0.2) is 14.8 Å². The number of para-hydroxylation sites is 2. The summed E-state index contributed by atoms with van der Waals surface area (Å²) in [4.78, 5) is 142. The quantitative estimate of drug-likeness (QED) is 0.00899. The number of hydrogen-bond acceptors (Lipinski definition) is 25. The number of β-amino-alcohol motifs (C(OH)–C–C–N with tert-alkyl or cyclic N) is 2. The number of nitrogens with zero attached hydrogens (tertiary/aromatic N) is 8. The number of aliphatic hydroxyl groups is 2. The number of Topliss-reactive ketones (excluding diaryl/α,β-unsaturated/α-hetero) is 1. The van der Waals surface area contributed by atoms with E-state index < -0.39 is 74.8 Å². The maximum Gasteiger partial charge on any atom is 0.329 e. The molecule has 2 fully saturated rings. The molecule has 8 aromatic carbocycles. The van der Waals surface area contributed by atoms with Crippen LogP contribution in [0.2, 0.25) is 0 Å². The molecule has 0 bridgehead atoms. The normalized spacial score (nSPS) is 16.8. The van der Waals surface area contributed by atoms with E-state index in [9.17, 15) is 68.8 Å². The molecule has 7 N–H and O–H groups in total. The van der Waals surface area contributed by atoms with E-state index in [1.165, 1.54) is 34.1 Å². The summed E-state index contributed by atoms with van der Waals surface area (Å²) in [7, 11) is 0. The third-order valence-corrected chi connectivity index (χ3v) is 26.1. The predicted molar refractivity (Wildman–Crippen MR) is 554 cm³/mol. The molecule has 35 heteroatoms. The average molecular weight is 2010 g/mol. The third-order valence-electron chi connectivity index (χ3n) is 24.1. The van der Waals surface area contributed by atoms with E-state index in [1.807, 2.05) is 214 Å². The Morgan fingerprint density at radius 3 is 1.36 bits per heavy atom. The zero-order chi connectivity index (χ0) is 101. The summed E-state index contributed by atoms with van der Waals surface area (Å²) in [6, 6.07) is 55.0. The van der Waals surface area contributed by atoms with Gasteiger partial charge in [0, 0.05) is 78.9 Å². The largest absolute Gasteiger partial charge is 0.491 e. The summed E-state index contributed by atoms with van der Waals surface area (Å²) in [5, 5.41) is 56.9. The Morgan fingerprint density at radius 1 is 0.531 bits per heavy atom. The second-order valence-corrected chi connectivity index (χ2v) is 38.4. The lowest BCUT2D eigenvalue weighted by Gasteiger charge is -2.35. The SMILES string of the molecule is C.Cc1ncsc1-c1ccc([C@H](C)CC(=O)[C@@H]2C[C@@H](O)CN2C(=O)[C@@H](N)C(C)(C)C)cc1.Cc1ncsc1-c1ccc([C@H](C)NC(=O)[C@@H]2C[C@@H](O)CN2C(=O)[C@@H](NC(=O)COCCOCCOc2ccc(CN3C(=O)C(=CC=Cc4ccc([N+](=O)[O-])cc4)c4ccccc43)cc2)C(C)(C)C)cc1.Cl.O=C(O)COCCOCCOc1ccc(CN2C(=O)C(=CC=Cc3ccc([N+](=O)[O-])cc3)c3ccccc32)cc1. The average Bonchev–Trinajstić information content (AvgIpc) is 1.63. The fourth-order valence-corrected chi connectivity index (χ4v) is 18.0. The fraction of sp³-hybridized carbons (Fsp3) is 0.352. The standard InChI is InChI=1S/C53H58N6O10S.C30H28N2O8.C24H33N3O3S.CH4.ClH/c1-34(38-17-19-39(20-18-38)48-35(2)54-33-70-48)55-50(62)46-29-41(60)31-58(46)52(64)49(53(3,4)5)56-47(61)32-68-26-25-67-27-28-69-42-23-15-37(16-24-42)30-57-45-12-7-6-10-43(45)44(51(57)63)11-8-9-36-13-21-40(22-14-36)59(65)66;33-29(34)21-39-17-16-38-18-19-40-25-14-10-23(11-15-25)20-31-28-7-2-1-5-26(28)27(30(31)35)6-3-4-22-8-12-24(13-9-22)32(36)37;1-14(16-6-8-17(9-7-16)21-15(2)26-13-31-21)10-20(29)19-11-18(28)12-27(19)23(30)22(25)24(3,4)5;;/h6-24,33-34,41,46,49,60H,25-32H2,1-5H3,(H,55,62)(H,56,61);1-15H,16-21H2,(H,33,34);6-9,13-14,18-19,22,28H,10-12,25H2,1-5H3;1H4;1H/t34-,41+,46-,49+;;14-,18-,19+,22-;;/m0.1../s1. The van der Waals surface area contributed by atoms with E-state index in [4.69, 9.17) is 39.3 Å². The molecule has 10 aromatic rings. The van der Waals surface area contributed by atoms with Crippen LogP contribution in [0.4, 0.5) is 22.7 Å². The van der Waals surface area contributed by atoms with Crippen molar-refractivity contribution in [1.29, 1.82) is 0 Å². The van der Waals surface area contributed by atoms with E-state index in [0.29, 0.717) is 55.4 Å². The van der Waals surface area contributed by atoms with Crippen LogP contribution in [0.15, 0.2) is 229 Å². The number of likely N-dealkylation sites (tertiary alicyclic amines) is 2. The number of carbonyl (C=O) groups is 8. The zero-order valence-corrected chi connectivity index (χ0v) is 83.3. The van der Waals surface area contributed by atoms with Crippen LogP contribution in [0.25, 0.3) is 44.2 Å². The van der Waals surface area contributed by atoms with Gasteiger partial charge in [-0.2, -0.15) is 0 Å². The summed E-state index contributed by atoms with van der Waals surface area (Å²) in [5.74, 6) is -1.61. The number of carbonyl (C=O) groups excluding carboxylic acids is 7. The first-order chi connectivity index (χ1) is 67.5. The first-order valence-corrected chi connectivity index (χ1v) is 48.1. The van der Waals surface area contributed by atoms with Crippen LogP contribution in [0.3, 0.4) is 0 Å². The highest BCUT2D eigenvalue weighted by Crippen LogP contribution is 2.41. The van der Waals surface area contributed by atoms with Crippen LogP contribution < -0.4 is 35.6 Å². The number of benzene rings is 8. The van der Waals surface area contributed by atoms with Crippen molar-refractivity contribution in [2.75, 3.05) is 89.0 Å². The Morgan fingerprint density at radius 2 is 0.944 bits per heavy atom. The number of aryl methyl sites for hydroxylation is 2. The van der Waals surface area contributed by atoms with Gasteiger partial charge in [0.25, 0.3) is 23.2 Å². The minimum absolute atomic E-state index is 0. The number of aromatic nitrogens is 2. The maximum absolute atomic E-state index is 14.0. The molecule has 0 unspecified atom stereocenters. The van der Waals surface area contributed by atoms with Gasteiger partial charge in [0.05, 0.1) is 136 Å². The number of nitro groups is 2. The van der Waals surface area contributed by atoms with Crippen molar-refractivity contribution in [3.63, 3.8) is 0 Å². The van der Waals surface area contributed by atoms with E-state index in [2.05, 4.69) is 32.7 Å². The molecule has 6 heterocycles. The number of nitrogens with two attached hydrogens (primary N) is 1. The monoisotopic (exact) mass is 2010 g/mol. The number of allylic oxidation sites excluding steroid dienone is 4. The van der Waals surface area contributed by atoms with E-state index in [-0.39, 0.29) is 151 Å². The van der Waals surface area contributed by atoms with Crippen LogP contribution in [-0.2, 0) is 70.4 Å². The molecule has 143 heavy (non-hydrogen) atoms. The van der Waals surface area contributed by atoms with E-state index in [1.54, 1.807) is 93.2 Å². The van der Waals surface area contributed by atoms with Gasteiger partial charge < -0.3 is 79.7 Å². The van der Waals surface area contributed by atoms with Crippen LogP contribution in [0.1, 0.15) is 150 Å². The molecular weight excluding hydrogens is 1890 g/mol. The number of thiazole rings is 2. The number of amides is 6. The lowest BCUT2D eigenvalue weighted by atomic mass is 9.85. The van der Waals surface area contributed by atoms with Crippen molar-refractivity contribution in [2.45, 2.75) is 157 Å². The second-order valence-electron chi connectivity index (χ2n) is 36.7. The summed E-state index contributed by atoms with van der Waals surface area (Å²) in [6.45, 7) is 21.2. The van der Waals surface area contributed by atoms with Gasteiger partial charge in [-0.3, -0.25) is 53.8 Å². The number of nitrogens with one attached hydrogen (secondary N) is 2. The number of fused-ring (bicyclic) bond motifs is 2. The molecule has 2 aromatic heterocycles.